The van der Waals surface area contributed by atoms with Crippen molar-refractivity contribution in [2.75, 3.05) is 29.5 Å². The molecule has 2 aromatic rings. The van der Waals surface area contributed by atoms with E-state index in [9.17, 15) is 17.6 Å². The van der Waals surface area contributed by atoms with Gasteiger partial charge >= 0.3 is 5.92 Å². The first-order valence-corrected chi connectivity index (χ1v) is 7.20. The maximum atomic E-state index is 14.6. The minimum atomic E-state index is -3.53. The number of nitrogens with two attached hydrogens (primary N) is 2. The molecule has 1 aliphatic rings. The van der Waals surface area contributed by atoms with Gasteiger partial charge in [0.25, 0.3) is 5.92 Å². The molecule has 1 saturated heterocycles. The molecule has 3 rings (SSSR count). The Morgan fingerprint density at radius 1 is 1.08 bits per heavy atom. The van der Waals surface area contributed by atoms with E-state index in [1.54, 1.807) is 6.07 Å². The highest BCUT2D eigenvalue weighted by Crippen LogP contribution is 2.39. The standard InChI is InChI=1S/C15H15F4N5/c16-14(17)6-7-24(8-14)12-10(20)11(21)22-13(23-12)15(18,19)9-4-2-1-3-5-9/h1-5H,6-8,20H2,(H2,21,22,23). The van der Waals surface area contributed by atoms with Gasteiger partial charge in [-0.2, -0.15) is 8.78 Å². The van der Waals surface area contributed by atoms with Crippen LogP contribution in [0.4, 0.5) is 34.9 Å². The molecule has 1 fully saturated rings. The number of nitrogen functional groups attached to an aromatic ring is 2. The van der Waals surface area contributed by atoms with E-state index >= 15 is 0 Å². The highest BCUT2D eigenvalue weighted by molar-refractivity contribution is 5.74. The second kappa shape index (κ2) is 5.50. The van der Waals surface area contributed by atoms with Crippen molar-refractivity contribution in [3.8, 4) is 0 Å². The zero-order chi connectivity index (χ0) is 17.5. The summed E-state index contributed by atoms with van der Waals surface area (Å²) in [6.07, 6.45) is -0.402. The average Bonchev–Trinajstić information content (AvgIpc) is 2.90. The highest BCUT2D eigenvalue weighted by Gasteiger charge is 2.42. The molecule has 9 heteroatoms. The van der Waals surface area contributed by atoms with Gasteiger partial charge in [-0.25, -0.2) is 18.7 Å². The number of hydrogen-bond acceptors (Lipinski definition) is 5. The van der Waals surface area contributed by atoms with Gasteiger partial charge in [-0.05, 0) is 0 Å². The Labute approximate surface area is 135 Å². The predicted octanol–water partition coefficient (Wildman–Crippen LogP) is 2.63. The van der Waals surface area contributed by atoms with Gasteiger partial charge in [0.05, 0.1) is 6.54 Å². The van der Waals surface area contributed by atoms with Crippen molar-refractivity contribution in [1.29, 1.82) is 0 Å². The Morgan fingerprint density at radius 2 is 1.75 bits per heavy atom. The third-order valence-corrected chi connectivity index (χ3v) is 3.84. The minimum absolute atomic E-state index is 0.0516. The summed E-state index contributed by atoms with van der Waals surface area (Å²) in [6, 6.07) is 6.94. The normalized spacial score (nSPS) is 17.2. The fourth-order valence-corrected chi connectivity index (χ4v) is 2.55. The van der Waals surface area contributed by atoms with Crippen molar-refractivity contribution in [2.24, 2.45) is 0 Å². The molecule has 0 unspecified atom stereocenters. The molecule has 0 atom stereocenters. The summed E-state index contributed by atoms with van der Waals surface area (Å²) in [5.74, 6) is -7.87. The Hall–Kier alpha value is -2.58. The number of alkyl halides is 4. The van der Waals surface area contributed by atoms with Crippen molar-refractivity contribution in [2.45, 2.75) is 18.3 Å². The second-order valence-electron chi connectivity index (χ2n) is 5.64. The molecule has 0 radical (unpaired) electrons. The molecule has 5 nitrogen and oxygen atoms in total. The van der Waals surface area contributed by atoms with Crippen LogP contribution in [0, 0.1) is 0 Å². The molecule has 4 N–H and O–H groups in total. The average molecular weight is 341 g/mol. The van der Waals surface area contributed by atoms with Crippen LogP contribution in [0.5, 0.6) is 0 Å². The van der Waals surface area contributed by atoms with Crippen molar-refractivity contribution >= 4 is 17.3 Å². The molecular weight excluding hydrogens is 326 g/mol. The van der Waals surface area contributed by atoms with Crippen LogP contribution < -0.4 is 16.4 Å². The molecule has 24 heavy (non-hydrogen) atoms. The molecular formula is C15H15F4N5. The maximum absolute atomic E-state index is 14.6. The Bertz CT molecular complexity index is 751. The zero-order valence-electron chi connectivity index (χ0n) is 12.5. The summed E-state index contributed by atoms with van der Waals surface area (Å²) in [5, 5.41) is 0. The van der Waals surface area contributed by atoms with Crippen LogP contribution in [-0.4, -0.2) is 29.0 Å². The summed E-state index contributed by atoms with van der Waals surface area (Å²) in [4.78, 5) is 8.47. The van der Waals surface area contributed by atoms with Gasteiger partial charge in [0.1, 0.15) is 5.69 Å². The van der Waals surface area contributed by atoms with E-state index in [0.717, 1.165) is 4.90 Å². The minimum Gasteiger partial charge on any atom is -0.393 e. The predicted molar refractivity (Wildman–Crippen MR) is 82.1 cm³/mol. The first-order chi connectivity index (χ1) is 11.2. The van der Waals surface area contributed by atoms with Crippen LogP contribution >= 0.6 is 0 Å². The van der Waals surface area contributed by atoms with Gasteiger partial charge < -0.3 is 16.4 Å². The van der Waals surface area contributed by atoms with Crippen LogP contribution in [0.3, 0.4) is 0 Å². The number of halogens is 4. The van der Waals surface area contributed by atoms with Crippen LogP contribution in [0.15, 0.2) is 30.3 Å². The molecule has 128 valence electrons. The van der Waals surface area contributed by atoms with Crippen molar-refractivity contribution in [1.82, 2.24) is 9.97 Å². The monoisotopic (exact) mass is 341 g/mol. The van der Waals surface area contributed by atoms with Gasteiger partial charge in [0.2, 0.25) is 5.82 Å². The molecule has 0 spiro atoms. The van der Waals surface area contributed by atoms with E-state index in [4.69, 9.17) is 11.5 Å². The fraction of sp³-hybridized carbons (Fsp3) is 0.333. The molecule has 1 aromatic carbocycles. The zero-order valence-corrected chi connectivity index (χ0v) is 12.5. The largest absolute Gasteiger partial charge is 0.393 e. The summed E-state index contributed by atoms with van der Waals surface area (Å²) >= 11 is 0. The Kier molecular flexibility index (Phi) is 3.73. The molecule has 0 amide bonds. The van der Waals surface area contributed by atoms with Crippen LogP contribution in [0.1, 0.15) is 17.8 Å². The number of aromatic nitrogens is 2. The lowest BCUT2D eigenvalue weighted by Gasteiger charge is -2.22. The number of benzene rings is 1. The number of anilines is 3. The molecule has 1 aromatic heterocycles. The lowest BCUT2D eigenvalue weighted by atomic mass is 10.1. The topological polar surface area (TPSA) is 81.1 Å². The summed E-state index contributed by atoms with van der Waals surface area (Å²) in [6.45, 7) is -0.700. The van der Waals surface area contributed by atoms with E-state index in [0.29, 0.717) is 0 Å². The third kappa shape index (κ3) is 2.81. The molecule has 0 aliphatic carbocycles. The van der Waals surface area contributed by atoms with Crippen molar-refractivity contribution in [3.63, 3.8) is 0 Å². The van der Waals surface area contributed by atoms with Crippen molar-refractivity contribution in [3.05, 3.63) is 41.7 Å². The second-order valence-corrected chi connectivity index (χ2v) is 5.64. The fourth-order valence-electron chi connectivity index (χ4n) is 2.55. The van der Waals surface area contributed by atoms with Crippen LogP contribution in [0.2, 0.25) is 0 Å². The lowest BCUT2D eigenvalue weighted by molar-refractivity contribution is 0.0256. The smallest absolute Gasteiger partial charge is 0.331 e. The summed E-state index contributed by atoms with van der Waals surface area (Å²) in [7, 11) is 0. The van der Waals surface area contributed by atoms with Crippen LogP contribution in [-0.2, 0) is 5.92 Å². The first kappa shape index (κ1) is 16.3. The first-order valence-electron chi connectivity index (χ1n) is 7.20. The third-order valence-electron chi connectivity index (χ3n) is 3.84. The highest BCUT2D eigenvalue weighted by atomic mass is 19.3. The number of hydrogen-bond donors (Lipinski definition) is 2. The van der Waals surface area contributed by atoms with Crippen LogP contribution in [0.25, 0.3) is 0 Å². The van der Waals surface area contributed by atoms with E-state index in [1.807, 2.05) is 0 Å². The molecule has 0 saturated carbocycles. The van der Waals surface area contributed by atoms with E-state index in [-0.39, 0.29) is 29.4 Å². The quantitative estimate of drug-likeness (QED) is 0.839. The molecule has 1 aliphatic heterocycles. The van der Waals surface area contributed by atoms with E-state index in [2.05, 4.69) is 9.97 Å². The van der Waals surface area contributed by atoms with Gasteiger partial charge in [0.15, 0.2) is 11.6 Å². The molecule has 2 heterocycles. The maximum Gasteiger partial charge on any atom is 0.331 e. The van der Waals surface area contributed by atoms with Crippen molar-refractivity contribution < 1.29 is 17.6 Å². The summed E-state index contributed by atoms with van der Waals surface area (Å²) < 4.78 is 56.1. The SMILES string of the molecule is Nc1nc(C(F)(F)c2ccccc2)nc(N2CCC(F)(F)C2)c1N. The number of rotatable bonds is 3. The van der Waals surface area contributed by atoms with E-state index in [1.165, 1.54) is 24.3 Å². The summed E-state index contributed by atoms with van der Waals surface area (Å²) in [5.41, 5.74) is 10.8. The van der Waals surface area contributed by atoms with E-state index < -0.39 is 30.6 Å². The number of nitrogens with zero attached hydrogens (tertiary/aromatic N) is 3. The van der Waals surface area contributed by atoms with Gasteiger partial charge in [-0.1, -0.05) is 30.3 Å². The Balaban J connectivity index is 2.05. The van der Waals surface area contributed by atoms with Gasteiger partial charge in [-0.15, -0.1) is 0 Å². The lowest BCUT2D eigenvalue weighted by Crippen LogP contribution is -2.29. The molecule has 0 bridgehead atoms. The van der Waals surface area contributed by atoms with Gasteiger partial charge in [0, 0.05) is 18.5 Å². The van der Waals surface area contributed by atoms with Gasteiger partial charge in [-0.3, -0.25) is 0 Å². The Morgan fingerprint density at radius 3 is 2.33 bits per heavy atom.